The zero-order valence-electron chi connectivity index (χ0n) is 11.5. The first kappa shape index (κ1) is 16.9. The molecule has 112 valence electrons. The fourth-order valence-corrected chi connectivity index (χ4v) is 3.25. The normalized spacial score (nSPS) is 10.9. The van der Waals surface area contributed by atoms with Crippen molar-refractivity contribution in [3.05, 3.63) is 56.0 Å². The minimum absolute atomic E-state index is 0.328. The molecular formula is C16H15Cl4N. The van der Waals surface area contributed by atoms with Crippen LogP contribution in [-0.4, -0.2) is 6.54 Å². The average Bonchev–Trinajstić information content (AvgIpc) is 2.47. The molecule has 0 fully saturated rings. The first-order chi connectivity index (χ1) is 10.1. The van der Waals surface area contributed by atoms with Crippen LogP contribution in [0.2, 0.25) is 20.1 Å². The van der Waals surface area contributed by atoms with Crippen LogP contribution in [0.3, 0.4) is 0 Å². The van der Waals surface area contributed by atoms with Crippen LogP contribution in [0.15, 0.2) is 30.3 Å². The molecule has 0 aliphatic rings. The van der Waals surface area contributed by atoms with E-state index in [4.69, 9.17) is 46.4 Å². The molecular weight excluding hydrogens is 348 g/mol. The number of hydrogen-bond donors (Lipinski definition) is 1. The monoisotopic (exact) mass is 361 g/mol. The summed E-state index contributed by atoms with van der Waals surface area (Å²) in [6, 6.07) is 9.61. The molecule has 5 heteroatoms. The van der Waals surface area contributed by atoms with E-state index in [1.54, 1.807) is 6.07 Å². The van der Waals surface area contributed by atoms with E-state index in [-0.39, 0.29) is 0 Å². The van der Waals surface area contributed by atoms with Crippen molar-refractivity contribution < 1.29 is 0 Å². The van der Waals surface area contributed by atoms with Crippen molar-refractivity contribution in [1.29, 1.82) is 0 Å². The van der Waals surface area contributed by atoms with Crippen LogP contribution in [0.1, 0.15) is 18.9 Å². The highest BCUT2D eigenvalue weighted by Gasteiger charge is 2.17. The molecule has 0 spiro atoms. The maximum absolute atomic E-state index is 6.35. The van der Waals surface area contributed by atoms with Crippen LogP contribution in [-0.2, 0) is 6.54 Å². The lowest BCUT2D eigenvalue weighted by Gasteiger charge is -2.15. The summed E-state index contributed by atoms with van der Waals surface area (Å²) in [5, 5.41) is 4.95. The predicted octanol–water partition coefficient (Wildman–Crippen LogP) is 6.47. The van der Waals surface area contributed by atoms with Gasteiger partial charge in [-0.25, -0.2) is 0 Å². The molecule has 0 radical (unpaired) electrons. The van der Waals surface area contributed by atoms with E-state index in [2.05, 4.69) is 12.2 Å². The second-order valence-corrected chi connectivity index (χ2v) is 6.25. The summed E-state index contributed by atoms with van der Waals surface area (Å²) in [6.45, 7) is 3.83. The van der Waals surface area contributed by atoms with Crippen LogP contribution in [0, 0.1) is 0 Å². The highest BCUT2D eigenvalue weighted by molar-refractivity contribution is 6.51. The van der Waals surface area contributed by atoms with Gasteiger partial charge in [0.1, 0.15) is 0 Å². The first-order valence-corrected chi connectivity index (χ1v) is 8.19. The Morgan fingerprint density at radius 2 is 1.67 bits per heavy atom. The Kier molecular flexibility index (Phi) is 6.21. The molecule has 0 heterocycles. The Labute approximate surface area is 145 Å². The molecule has 0 amide bonds. The third-order valence-corrected chi connectivity index (χ3v) is 4.70. The standard InChI is InChI=1S/C16H15Cl4N/c1-2-7-21-9-10-5-3-4-6-11(10)14-12(17)8-13(18)15(19)16(14)20/h3-6,8,21H,2,7,9H2,1H3. The smallest absolute Gasteiger partial charge is 0.0785 e. The van der Waals surface area contributed by atoms with Gasteiger partial charge in [0, 0.05) is 12.1 Å². The number of halogens is 4. The third-order valence-electron chi connectivity index (χ3n) is 3.14. The van der Waals surface area contributed by atoms with Gasteiger partial charge in [0.15, 0.2) is 0 Å². The second kappa shape index (κ2) is 7.71. The zero-order valence-corrected chi connectivity index (χ0v) is 14.5. The van der Waals surface area contributed by atoms with Crippen LogP contribution in [0.5, 0.6) is 0 Å². The molecule has 0 bridgehead atoms. The molecule has 1 nitrogen and oxygen atoms in total. The van der Waals surface area contributed by atoms with Crippen LogP contribution in [0.25, 0.3) is 11.1 Å². The van der Waals surface area contributed by atoms with Gasteiger partial charge in [0.05, 0.1) is 20.1 Å². The summed E-state index contributed by atoms with van der Waals surface area (Å²) in [5.74, 6) is 0. The molecule has 21 heavy (non-hydrogen) atoms. The Morgan fingerprint density at radius 3 is 2.38 bits per heavy atom. The molecule has 0 aliphatic heterocycles. The van der Waals surface area contributed by atoms with E-state index in [9.17, 15) is 0 Å². The van der Waals surface area contributed by atoms with E-state index in [0.29, 0.717) is 20.1 Å². The van der Waals surface area contributed by atoms with E-state index in [1.165, 1.54) is 0 Å². The summed E-state index contributed by atoms with van der Waals surface area (Å²) in [6.07, 6.45) is 1.08. The van der Waals surface area contributed by atoms with Crippen LogP contribution < -0.4 is 5.32 Å². The molecule has 0 aliphatic carbocycles. The fourth-order valence-electron chi connectivity index (χ4n) is 2.13. The predicted molar refractivity (Wildman–Crippen MR) is 93.9 cm³/mol. The maximum atomic E-state index is 6.35. The Balaban J connectivity index is 2.50. The Morgan fingerprint density at radius 1 is 0.952 bits per heavy atom. The van der Waals surface area contributed by atoms with Gasteiger partial charge in [0.25, 0.3) is 0 Å². The van der Waals surface area contributed by atoms with Gasteiger partial charge in [-0.1, -0.05) is 77.6 Å². The van der Waals surface area contributed by atoms with Crippen LogP contribution in [0.4, 0.5) is 0 Å². The molecule has 0 unspecified atom stereocenters. The number of benzene rings is 2. The van der Waals surface area contributed by atoms with Crippen molar-refractivity contribution in [3.8, 4) is 11.1 Å². The zero-order chi connectivity index (χ0) is 15.4. The van der Waals surface area contributed by atoms with E-state index >= 15 is 0 Å². The fraction of sp³-hybridized carbons (Fsp3) is 0.250. The molecule has 2 rings (SSSR count). The van der Waals surface area contributed by atoms with Gasteiger partial charge in [-0.2, -0.15) is 0 Å². The van der Waals surface area contributed by atoms with Gasteiger partial charge in [0.2, 0.25) is 0 Å². The molecule has 2 aromatic carbocycles. The molecule has 0 aromatic heterocycles. The summed E-state index contributed by atoms with van der Waals surface area (Å²) < 4.78 is 0. The quantitative estimate of drug-likeness (QED) is 0.365. The maximum Gasteiger partial charge on any atom is 0.0785 e. The second-order valence-electron chi connectivity index (χ2n) is 4.68. The minimum atomic E-state index is 0.328. The summed E-state index contributed by atoms with van der Waals surface area (Å²) >= 11 is 24.8. The lowest BCUT2D eigenvalue weighted by atomic mass is 9.99. The van der Waals surface area contributed by atoms with Gasteiger partial charge in [-0.15, -0.1) is 0 Å². The summed E-state index contributed by atoms with van der Waals surface area (Å²) in [4.78, 5) is 0. The largest absolute Gasteiger partial charge is 0.313 e. The molecule has 1 N–H and O–H groups in total. The van der Waals surface area contributed by atoms with Crippen LogP contribution >= 0.6 is 46.4 Å². The number of rotatable bonds is 5. The van der Waals surface area contributed by atoms with Crippen molar-refractivity contribution in [1.82, 2.24) is 5.32 Å². The van der Waals surface area contributed by atoms with Gasteiger partial charge in [-0.05, 0) is 30.2 Å². The highest BCUT2D eigenvalue weighted by atomic mass is 35.5. The Hall–Kier alpha value is -0.440. The van der Waals surface area contributed by atoms with Gasteiger partial charge < -0.3 is 5.32 Å². The van der Waals surface area contributed by atoms with Crippen molar-refractivity contribution in [3.63, 3.8) is 0 Å². The number of nitrogens with one attached hydrogen (secondary N) is 1. The molecule has 0 atom stereocenters. The van der Waals surface area contributed by atoms with Crippen molar-refractivity contribution in [2.75, 3.05) is 6.54 Å². The van der Waals surface area contributed by atoms with Crippen molar-refractivity contribution in [2.45, 2.75) is 19.9 Å². The lowest BCUT2D eigenvalue weighted by molar-refractivity contribution is 0.676. The van der Waals surface area contributed by atoms with Gasteiger partial charge >= 0.3 is 0 Å². The van der Waals surface area contributed by atoms with E-state index in [0.717, 1.165) is 36.2 Å². The highest BCUT2D eigenvalue weighted by Crippen LogP contribution is 2.43. The van der Waals surface area contributed by atoms with Gasteiger partial charge in [-0.3, -0.25) is 0 Å². The SMILES string of the molecule is CCCNCc1ccccc1-c1c(Cl)cc(Cl)c(Cl)c1Cl. The topological polar surface area (TPSA) is 12.0 Å². The summed E-state index contributed by atoms with van der Waals surface area (Å²) in [7, 11) is 0. The molecule has 0 saturated heterocycles. The lowest BCUT2D eigenvalue weighted by Crippen LogP contribution is -2.14. The molecule has 0 saturated carbocycles. The minimum Gasteiger partial charge on any atom is -0.313 e. The first-order valence-electron chi connectivity index (χ1n) is 6.68. The van der Waals surface area contributed by atoms with E-state index in [1.807, 2.05) is 24.3 Å². The van der Waals surface area contributed by atoms with E-state index < -0.39 is 0 Å². The average molecular weight is 363 g/mol. The van der Waals surface area contributed by atoms with Crippen molar-refractivity contribution in [2.24, 2.45) is 0 Å². The van der Waals surface area contributed by atoms with Crippen molar-refractivity contribution >= 4 is 46.4 Å². The summed E-state index contributed by atoms with van der Waals surface area (Å²) in [5.41, 5.74) is 2.81. The number of hydrogen-bond acceptors (Lipinski definition) is 1. The Bertz CT molecular complexity index is 640. The molecule has 2 aromatic rings. The third kappa shape index (κ3) is 3.85.